The lowest BCUT2D eigenvalue weighted by atomic mass is 10.1. The summed E-state index contributed by atoms with van der Waals surface area (Å²) in [7, 11) is 0. The minimum atomic E-state index is -2.05. The molecule has 0 fully saturated rings. The summed E-state index contributed by atoms with van der Waals surface area (Å²) in [5.74, 6) is -4.15. The highest BCUT2D eigenvalue weighted by atomic mass is 35.5. The molecule has 2 N–H and O–H groups in total. The van der Waals surface area contributed by atoms with Crippen LogP contribution in [-0.4, -0.2) is 45.5 Å². The van der Waals surface area contributed by atoms with Crippen LogP contribution in [0.25, 0.3) is 0 Å². The van der Waals surface area contributed by atoms with Gasteiger partial charge in [-0.05, 0) is 24.3 Å². The monoisotopic (exact) mass is 310 g/mol. The minimum Gasteiger partial charge on any atom is -0.479 e. The summed E-state index contributed by atoms with van der Waals surface area (Å²) in [5.41, 5.74) is 0.0878. The van der Waals surface area contributed by atoms with Crippen molar-refractivity contribution in [2.24, 2.45) is 0 Å². The fourth-order valence-electron chi connectivity index (χ4n) is 1.65. The fraction of sp³-hybridized carbons (Fsp3) is 0.231. The molecule has 0 aliphatic carbocycles. The summed E-state index contributed by atoms with van der Waals surface area (Å²) in [5, 5.41) is 26.9. The van der Waals surface area contributed by atoms with E-state index in [1.54, 1.807) is 6.07 Å². The molecule has 7 nitrogen and oxygen atoms in total. The van der Waals surface area contributed by atoms with Crippen LogP contribution in [0.4, 0.5) is 0 Å². The van der Waals surface area contributed by atoms with Gasteiger partial charge in [0.05, 0.1) is 12.5 Å². The van der Waals surface area contributed by atoms with Gasteiger partial charge in [-0.25, -0.2) is 9.59 Å². The predicted octanol–water partition coefficient (Wildman–Crippen LogP) is 1.23. The number of halogens is 1. The smallest absolute Gasteiger partial charge is 0.338 e. The zero-order valence-electron chi connectivity index (χ0n) is 10.7. The van der Waals surface area contributed by atoms with Crippen LogP contribution in [0.1, 0.15) is 16.8 Å². The van der Waals surface area contributed by atoms with E-state index in [0.717, 1.165) is 0 Å². The van der Waals surface area contributed by atoms with Gasteiger partial charge in [-0.2, -0.15) is 5.26 Å². The summed E-state index contributed by atoms with van der Waals surface area (Å²) in [6.45, 7) is -0.304. The first-order valence-electron chi connectivity index (χ1n) is 5.77. The number of carboxylic acid groups (broad SMARTS) is 2. The van der Waals surface area contributed by atoms with Crippen LogP contribution in [0.15, 0.2) is 24.3 Å². The Labute approximate surface area is 125 Å². The predicted molar refractivity (Wildman–Crippen MR) is 71.8 cm³/mol. The molecule has 0 aliphatic rings. The van der Waals surface area contributed by atoms with Gasteiger partial charge in [0, 0.05) is 17.1 Å². The maximum atomic E-state index is 12.3. The summed E-state index contributed by atoms with van der Waals surface area (Å²) >= 11 is 5.69. The van der Waals surface area contributed by atoms with Crippen LogP contribution in [0.2, 0.25) is 5.02 Å². The van der Waals surface area contributed by atoms with E-state index in [9.17, 15) is 14.4 Å². The SMILES string of the molecule is N#CCCN(C(=O)c1ccc(Cl)cc1)C(C(=O)O)C(=O)O. The highest BCUT2D eigenvalue weighted by Gasteiger charge is 2.36. The Kier molecular flexibility index (Phi) is 5.69. The van der Waals surface area contributed by atoms with Crippen LogP contribution in [0.5, 0.6) is 0 Å². The number of nitriles is 1. The van der Waals surface area contributed by atoms with Crippen molar-refractivity contribution < 1.29 is 24.6 Å². The zero-order chi connectivity index (χ0) is 16.0. The number of nitrogens with zero attached hydrogens (tertiary/aromatic N) is 2. The van der Waals surface area contributed by atoms with Crippen molar-refractivity contribution in [3.05, 3.63) is 34.9 Å². The number of hydrogen-bond donors (Lipinski definition) is 2. The van der Waals surface area contributed by atoms with Crippen LogP contribution in [0.3, 0.4) is 0 Å². The summed E-state index contributed by atoms with van der Waals surface area (Å²) < 4.78 is 0. The molecule has 0 bridgehead atoms. The molecule has 0 heterocycles. The Hall–Kier alpha value is -2.59. The summed E-state index contributed by atoms with van der Waals surface area (Å²) in [6.07, 6.45) is -0.184. The molecule has 8 heteroatoms. The molecule has 0 saturated heterocycles. The third kappa shape index (κ3) is 4.19. The quantitative estimate of drug-likeness (QED) is 0.763. The highest BCUT2D eigenvalue weighted by molar-refractivity contribution is 6.30. The van der Waals surface area contributed by atoms with Gasteiger partial charge in [0.2, 0.25) is 6.04 Å². The molecule has 1 rings (SSSR count). The van der Waals surface area contributed by atoms with Crippen molar-refractivity contribution in [2.45, 2.75) is 12.5 Å². The molecular formula is C13H11ClN2O5. The molecule has 0 spiro atoms. The molecule has 0 atom stereocenters. The first-order valence-corrected chi connectivity index (χ1v) is 6.15. The summed E-state index contributed by atoms with van der Waals surface area (Å²) in [6, 6.07) is 5.24. The molecular weight excluding hydrogens is 300 g/mol. The number of aliphatic carboxylic acids is 2. The highest BCUT2D eigenvalue weighted by Crippen LogP contribution is 2.14. The number of amides is 1. The molecule has 21 heavy (non-hydrogen) atoms. The van der Waals surface area contributed by atoms with Gasteiger partial charge in [0.25, 0.3) is 5.91 Å². The lowest BCUT2D eigenvalue weighted by Crippen LogP contribution is -2.50. The van der Waals surface area contributed by atoms with Crippen LogP contribution < -0.4 is 0 Å². The zero-order valence-corrected chi connectivity index (χ0v) is 11.4. The van der Waals surface area contributed by atoms with Crippen LogP contribution >= 0.6 is 11.6 Å². The minimum absolute atomic E-state index is 0.0878. The molecule has 110 valence electrons. The lowest BCUT2D eigenvalue weighted by molar-refractivity contribution is -0.155. The van der Waals surface area contributed by atoms with Gasteiger partial charge in [-0.3, -0.25) is 4.79 Å². The first-order chi connectivity index (χ1) is 9.88. The summed E-state index contributed by atoms with van der Waals surface area (Å²) in [4.78, 5) is 35.0. The van der Waals surface area contributed by atoms with E-state index >= 15 is 0 Å². The molecule has 0 unspecified atom stereocenters. The molecule has 0 radical (unpaired) electrons. The van der Waals surface area contributed by atoms with Crippen molar-refractivity contribution in [2.75, 3.05) is 6.54 Å². The molecule has 1 aromatic carbocycles. The van der Waals surface area contributed by atoms with E-state index in [0.29, 0.717) is 9.92 Å². The maximum absolute atomic E-state index is 12.3. The largest absolute Gasteiger partial charge is 0.479 e. The first kappa shape index (κ1) is 16.5. The number of carboxylic acids is 2. The molecule has 1 amide bonds. The Morgan fingerprint density at radius 1 is 1.19 bits per heavy atom. The average Bonchev–Trinajstić information content (AvgIpc) is 2.42. The van der Waals surface area contributed by atoms with Crippen LogP contribution in [-0.2, 0) is 9.59 Å². The molecule has 0 aromatic heterocycles. The Bertz CT molecular complexity index is 580. The van der Waals surface area contributed by atoms with Gasteiger partial charge in [0.15, 0.2) is 0 Å². The molecule has 1 aromatic rings. The Morgan fingerprint density at radius 2 is 1.71 bits per heavy atom. The Morgan fingerprint density at radius 3 is 2.14 bits per heavy atom. The molecule has 0 aliphatic heterocycles. The van der Waals surface area contributed by atoms with Crippen molar-refractivity contribution in [3.8, 4) is 6.07 Å². The number of carbonyl (C=O) groups is 3. The van der Waals surface area contributed by atoms with E-state index < -0.39 is 23.9 Å². The van der Waals surface area contributed by atoms with Gasteiger partial charge >= 0.3 is 11.9 Å². The van der Waals surface area contributed by atoms with Gasteiger partial charge in [-0.15, -0.1) is 0 Å². The standard InChI is InChI=1S/C13H11ClN2O5/c14-9-4-2-8(3-5-9)11(17)16(7-1-6-15)10(12(18)19)13(20)21/h2-5,10H,1,7H2,(H,18,19)(H,20,21). The van der Waals surface area contributed by atoms with Crippen molar-refractivity contribution in [1.82, 2.24) is 4.90 Å². The number of hydrogen-bond acceptors (Lipinski definition) is 4. The topological polar surface area (TPSA) is 119 Å². The second kappa shape index (κ2) is 7.26. The third-order valence-electron chi connectivity index (χ3n) is 2.60. The number of carbonyl (C=O) groups excluding carboxylic acids is 1. The second-order valence-corrected chi connectivity index (χ2v) is 4.43. The molecule has 0 saturated carbocycles. The van der Waals surface area contributed by atoms with E-state index in [1.807, 2.05) is 0 Å². The maximum Gasteiger partial charge on any atom is 0.338 e. The van der Waals surface area contributed by atoms with E-state index in [4.69, 9.17) is 27.1 Å². The number of benzene rings is 1. The normalized spacial score (nSPS) is 9.95. The van der Waals surface area contributed by atoms with E-state index in [-0.39, 0.29) is 18.5 Å². The van der Waals surface area contributed by atoms with Crippen LogP contribution in [0, 0.1) is 11.3 Å². The van der Waals surface area contributed by atoms with Crippen molar-refractivity contribution in [1.29, 1.82) is 5.26 Å². The van der Waals surface area contributed by atoms with Gasteiger partial charge in [-0.1, -0.05) is 11.6 Å². The van der Waals surface area contributed by atoms with E-state index in [2.05, 4.69) is 0 Å². The fourth-order valence-corrected chi connectivity index (χ4v) is 1.77. The third-order valence-corrected chi connectivity index (χ3v) is 2.85. The second-order valence-electron chi connectivity index (χ2n) is 3.99. The van der Waals surface area contributed by atoms with E-state index in [1.165, 1.54) is 24.3 Å². The van der Waals surface area contributed by atoms with Gasteiger partial charge < -0.3 is 15.1 Å². The van der Waals surface area contributed by atoms with Crippen molar-refractivity contribution in [3.63, 3.8) is 0 Å². The van der Waals surface area contributed by atoms with Crippen molar-refractivity contribution >= 4 is 29.4 Å². The average molecular weight is 311 g/mol. The number of rotatable bonds is 6. The Balaban J connectivity index is 3.14. The van der Waals surface area contributed by atoms with Gasteiger partial charge in [0.1, 0.15) is 0 Å². The lowest BCUT2D eigenvalue weighted by Gasteiger charge is -2.25.